The molecule has 4 aromatic heterocycles. The Morgan fingerprint density at radius 3 is 2.60 bits per heavy atom. The number of thiazole rings is 1. The molecule has 6 heterocycles. The second kappa shape index (κ2) is 13.5. The Hall–Kier alpha value is -4.87. The molecule has 274 valence electrons. The molecule has 8 rings (SSSR count). The number of fused-ring (bicyclic) bond motifs is 9. The van der Waals surface area contributed by atoms with Crippen molar-refractivity contribution in [2.45, 2.75) is 97.4 Å². The van der Waals surface area contributed by atoms with Gasteiger partial charge in [-0.2, -0.15) is 5.10 Å². The molecule has 2 aromatic carbocycles. The lowest BCUT2D eigenvalue weighted by Crippen LogP contribution is -2.28. The number of carbonyl (C=O) groups is 1. The van der Waals surface area contributed by atoms with E-state index in [0.29, 0.717) is 23.8 Å². The minimum absolute atomic E-state index is 0.0334. The summed E-state index contributed by atoms with van der Waals surface area (Å²) >= 11 is 1.53. The fraction of sp³-hybridized carbons (Fsp3) is 0.405. The molecule has 53 heavy (non-hydrogen) atoms. The predicted molar refractivity (Wildman–Crippen MR) is 208 cm³/mol. The summed E-state index contributed by atoms with van der Waals surface area (Å²) in [5.41, 5.74) is 9.38. The minimum atomic E-state index is -1.19. The molecule has 0 saturated carbocycles. The number of benzene rings is 2. The molecule has 10 nitrogen and oxygen atoms in total. The number of hydrogen-bond donors (Lipinski definition) is 1. The monoisotopic (exact) mass is 731 g/mol. The molecular formula is C42H45N5O5S. The molecular weight excluding hydrogens is 687 g/mol. The lowest BCUT2D eigenvalue weighted by Gasteiger charge is -2.29. The average molecular weight is 732 g/mol. The van der Waals surface area contributed by atoms with E-state index in [4.69, 9.17) is 29.2 Å². The van der Waals surface area contributed by atoms with Gasteiger partial charge in [0, 0.05) is 47.3 Å². The third kappa shape index (κ3) is 6.65. The van der Waals surface area contributed by atoms with E-state index in [2.05, 4.69) is 36.3 Å². The Bertz CT molecular complexity index is 2390. The van der Waals surface area contributed by atoms with Gasteiger partial charge in [-0.3, -0.25) is 9.67 Å². The van der Waals surface area contributed by atoms with Gasteiger partial charge in [-0.05, 0) is 114 Å². The van der Waals surface area contributed by atoms with E-state index in [0.717, 1.165) is 109 Å². The molecule has 2 unspecified atom stereocenters. The number of aryl methyl sites for hydroxylation is 3. The van der Waals surface area contributed by atoms with Crippen LogP contribution < -0.4 is 9.47 Å². The van der Waals surface area contributed by atoms with Crippen molar-refractivity contribution >= 4 is 38.6 Å². The van der Waals surface area contributed by atoms with Crippen LogP contribution in [-0.2, 0) is 16.6 Å². The molecule has 0 saturated heterocycles. The van der Waals surface area contributed by atoms with E-state index in [-0.39, 0.29) is 6.10 Å². The largest absolute Gasteiger partial charge is 0.493 e. The van der Waals surface area contributed by atoms with Crippen molar-refractivity contribution < 1.29 is 24.1 Å². The van der Waals surface area contributed by atoms with E-state index >= 15 is 0 Å². The standard InChI is InChI=1S/C42H45N5O5S/c1-22-16-30-39-36(35(22)38(41(48)49)52-42(4,5)6)26-12-13-33-29(17-26)25(14-15-50-33)11-9-8-10-23(2)51-34-19-32-31(21-44-47(32)7)45-37(34)28-18-27(20-43-24(28)3)40(46-30)53-39/h12-13,16-21,23,25,38H,8-11,14-15H2,1-7H3,(H,48,49)/t23-,25?,38?/m0/s1. The number of carboxylic acid groups (broad SMARTS) is 1. The van der Waals surface area contributed by atoms with E-state index in [9.17, 15) is 9.90 Å². The maximum absolute atomic E-state index is 13.1. The van der Waals surface area contributed by atoms with Crippen molar-refractivity contribution in [2.24, 2.45) is 7.05 Å². The molecule has 0 spiro atoms. The van der Waals surface area contributed by atoms with Crippen molar-refractivity contribution in [3.8, 4) is 44.5 Å². The second-order valence-corrected chi connectivity index (χ2v) is 16.5. The van der Waals surface area contributed by atoms with Crippen LogP contribution in [0.5, 0.6) is 11.5 Å². The summed E-state index contributed by atoms with van der Waals surface area (Å²) in [6.45, 7) is 12.4. The van der Waals surface area contributed by atoms with Gasteiger partial charge in [0.2, 0.25) is 0 Å². The molecule has 0 amide bonds. The maximum atomic E-state index is 13.1. The molecule has 2 aliphatic rings. The molecule has 2 aliphatic heterocycles. The third-order valence-electron chi connectivity index (χ3n) is 10.4. The number of ether oxygens (including phenoxy) is 3. The first kappa shape index (κ1) is 35.2. The van der Waals surface area contributed by atoms with E-state index < -0.39 is 17.7 Å². The first-order valence-electron chi connectivity index (χ1n) is 18.4. The Labute approximate surface area is 313 Å². The van der Waals surface area contributed by atoms with Crippen LogP contribution in [0.3, 0.4) is 0 Å². The highest BCUT2D eigenvalue weighted by atomic mass is 32.1. The number of carboxylic acids is 1. The van der Waals surface area contributed by atoms with Crippen LogP contribution in [0.25, 0.3) is 54.2 Å². The van der Waals surface area contributed by atoms with Crippen molar-refractivity contribution in [1.29, 1.82) is 0 Å². The minimum Gasteiger partial charge on any atom is -0.493 e. The van der Waals surface area contributed by atoms with E-state index in [1.165, 1.54) is 11.3 Å². The molecule has 3 atom stereocenters. The molecule has 0 fully saturated rings. The second-order valence-electron chi connectivity index (χ2n) is 15.5. The van der Waals surface area contributed by atoms with Gasteiger partial charge in [0.15, 0.2) is 6.10 Å². The van der Waals surface area contributed by atoms with Crippen LogP contribution in [0, 0.1) is 13.8 Å². The topological polar surface area (TPSA) is 121 Å². The summed E-state index contributed by atoms with van der Waals surface area (Å²) < 4.78 is 21.9. The summed E-state index contributed by atoms with van der Waals surface area (Å²) in [5.74, 6) is 0.880. The highest BCUT2D eigenvalue weighted by Gasteiger charge is 2.33. The molecule has 11 heteroatoms. The van der Waals surface area contributed by atoms with Gasteiger partial charge in [0.05, 0.1) is 40.2 Å². The summed E-state index contributed by atoms with van der Waals surface area (Å²) in [5, 5.41) is 15.9. The van der Waals surface area contributed by atoms with Crippen molar-refractivity contribution in [1.82, 2.24) is 24.7 Å². The summed E-state index contributed by atoms with van der Waals surface area (Å²) in [6, 6.07) is 12.4. The highest BCUT2D eigenvalue weighted by Crippen LogP contribution is 2.47. The Morgan fingerprint density at radius 1 is 1.00 bits per heavy atom. The van der Waals surface area contributed by atoms with Gasteiger partial charge >= 0.3 is 5.97 Å². The molecule has 0 aliphatic carbocycles. The van der Waals surface area contributed by atoms with E-state index in [1.807, 2.05) is 64.7 Å². The predicted octanol–water partition coefficient (Wildman–Crippen LogP) is 9.74. The molecule has 6 bridgehead atoms. The SMILES string of the molecule is Cc1cc2nc3sc2c(c1C(OC(C)(C)C)C(=O)O)-c1ccc2c(c1)C(CCCC[C@H](C)Oc1cc4c(cnn4C)nc1-c1cc-3cnc1C)CCO2. The Kier molecular flexibility index (Phi) is 8.97. The Balaban J connectivity index is 1.39. The van der Waals surface area contributed by atoms with E-state index in [1.54, 1.807) is 6.20 Å². The summed E-state index contributed by atoms with van der Waals surface area (Å²) in [7, 11) is 1.91. The van der Waals surface area contributed by atoms with Crippen LogP contribution in [0.1, 0.15) is 94.2 Å². The smallest absolute Gasteiger partial charge is 0.337 e. The summed E-state index contributed by atoms with van der Waals surface area (Å²) in [4.78, 5) is 28.2. The normalized spacial score (nSPS) is 18.1. The van der Waals surface area contributed by atoms with Crippen LogP contribution in [-0.4, -0.2) is 54.1 Å². The third-order valence-corrected chi connectivity index (χ3v) is 11.5. The van der Waals surface area contributed by atoms with Gasteiger partial charge < -0.3 is 19.3 Å². The van der Waals surface area contributed by atoms with Crippen LogP contribution >= 0.6 is 11.3 Å². The maximum Gasteiger partial charge on any atom is 0.337 e. The van der Waals surface area contributed by atoms with Crippen LogP contribution in [0.2, 0.25) is 0 Å². The zero-order valence-corrected chi connectivity index (χ0v) is 32.1. The van der Waals surface area contributed by atoms with Crippen LogP contribution in [0.4, 0.5) is 0 Å². The lowest BCUT2D eigenvalue weighted by molar-refractivity contribution is -0.160. The quantitative estimate of drug-likeness (QED) is 0.190. The summed E-state index contributed by atoms with van der Waals surface area (Å²) in [6.07, 6.45) is 7.29. The van der Waals surface area contributed by atoms with Gasteiger partial charge in [-0.1, -0.05) is 12.5 Å². The number of nitrogens with zero attached hydrogens (tertiary/aromatic N) is 5. The number of aliphatic carboxylic acids is 1. The fourth-order valence-electron chi connectivity index (χ4n) is 7.79. The number of hydrogen-bond acceptors (Lipinski definition) is 9. The zero-order chi connectivity index (χ0) is 37.2. The van der Waals surface area contributed by atoms with Crippen molar-refractivity contribution in [3.05, 3.63) is 71.2 Å². The fourth-order valence-corrected chi connectivity index (χ4v) is 8.90. The van der Waals surface area contributed by atoms with Gasteiger partial charge in [0.1, 0.15) is 27.7 Å². The van der Waals surface area contributed by atoms with Crippen molar-refractivity contribution in [2.75, 3.05) is 6.61 Å². The molecule has 0 radical (unpaired) electrons. The first-order chi connectivity index (χ1) is 25.3. The van der Waals surface area contributed by atoms with Crippen LogP contribution in [0.15, 0.2) is 48.8 Å². The van der Waals surface area contributed by atoms with Gasteiger partial charge in [-0.15, -0.1) is 11.3 Å². The number of aromatic nitrogens is 5. The van der Waals surface area contributed by atoms with Crippen molar-refractivity contribution in [3.63, 3.8) is 0 Å². The Morgan fingerprint density at radius 2 is 1.81 bits per heavy atom. The zero-order valence-electron chi connectivity index (χ0n) is 31.3. The average Bonchev–Trinajstić information content (AvgIpc) is 3.70. The first-order valence-corrected chi connectivity index (χ1v) is 19.2. The molecule has 1 N–H and O–H groups in total. The lowest BCUT2D eigenvalue weighted by atomic mass is 9.85. The number of pyridine rings is 2. The number of rotatable bonds is 3. The van der Waals surface area contributed by atoms with Gasteiger partial charge in [-0.25, -0.2) is 14.8 Å². The highest BCUT2D eigenvalue weighted by molar-refractivity contribution is 7.22. The van der Waals surface area contributed by atoms with Gasteiger partial charge in [0.25, 0.3) is 0 Å². The molecule has 6 aromatic rings.